The molecule has 0 aromatic carbocycles. The van der Waals surface area contributed by atoms with E-state index >= 15 is 0 Å². The molecule has 29 heavy (non-hydrogen) atoms. The third-order valence-corrected chi connectivity index (χ3v) is 5.06. The third kappa shape index (κ3) is 21.2. The van der Waals surface area contributed by atoms with Gasteiger partial charge in [0.15, 0.2) is 6.23 Å². The van der Waals surface area contributed by atoms with Gasteiger partial charge >= 0.3 is 5.97 Å². The summed E-state index contributed by atoms with van der Waals surface area (Å²) in [6.45, 7) is 5.08. The number of esters is 1. The van der Waals surface area contributed by atoms with Crippen LogP contribution in [0.4, 0.5) is 0 Å². The van der Waals surface area contributed by atoms with Crippen molar-refractivity contribution in [1.82, 2.24) is 5.32 Å². The topological polar surface area (TPSA) is 81.4 Å². The number of carbonyl (C=O) groups excluding carboxylic acids is 2. The molecule has 5 nitrogen and oxygen atoms in total. The molecule has 0 radical (unpaired) electrons. The highest BCUT2D eigenvalue weighted by molar-refractivity contribution is 5.94. The molecule has 5 heteroatoms. The smallest absolute Gasteiger partial charge is 0.332 e. The zero-order valence-corrected chi connectivity index (χ0v) is 19.1. The second kappa shape index (κ2) is 21.4. The van der Waals surface area contributed by atoms with E-state index in [1.54, 1.807) is 0 Å². The van der Waals surface area contributed by atoms with Crippen molar-refractivity contribution >= 4 is 11.9 Å². The first kappa shape index (κ1) is 27.6. The summed E-state index contributed by atoms with van der Waals surface area (Å²) in [4.78, 5) is 23.4. The van der Waals surface area contributed by atoms with Crippen LogP contribution >= 0.6 is 0 Å². The fraction of sp³-hybridized carbons (Fsp3) is 0.833. The minimum atomic E-state index is -0.594. The van der Waals surface area contributed by atoms with Crippen molar-refractivity contribution in [2.24, 2.45) is 5.73 Å². The molecule has 0 spiro atoms. The molecule has 0 aliphatic carbocycles. The Morgan fingerprint density at radius 2 is 1.24 bits per heavy atom. The first-order chi connectivity index (χ1) is 14.1. The maximum Gasteiger partial charge on any atom is 0.332 e. The zero-order chi connectivity index (χ0) is 21.6. The average Bonchev–Trinajstić information content (AvgIpc) is 2.70. The molecule has 0 bridgehead atoms. The van der Waals surface area contributed by atoms with Gasteiger partial charge in [0.1, 0.15) is 0 Å². The SMILES string of the molecule is CCCCCCCCCCNC(=O)/C=C\C(=O)OC(N)CCCCCCCCC. The molecule has 0 saturated carbocycles. The first-order valence-corrected chi connectivity index (χ1v) is 12.0. The van der Waals surface area contributed by atoms with E-state index < -0.39 is 12.2 Å². The van der Waals surface area contributed by atoms with E-state index in [4.69, 9.17) is 10.5 Å². The molecule has 170 valence electrons. The van der Waals surface area contributed by atoms with E-state index in [-0.39, 0.29) is 5.91 Å². The molecule has 3 N–H and O–H groups in total. The molecule has 0 rings (SSSR count). The zero-order valence-electron chi connectivity index (χ0n) is 19.1. The molecule has 1 amide bonds. The number of nitrogens with one attached hydrogen (secondary N) is 1. The maximum atomic E-state index is 11.7. The molecule has 0 heterocycles. The van der Waals surface area contributed by atoms with Gasteiger partial charge in [0.05, 0.1) is 0 Å². The van der Waals surface area contributed by atoms with Gasteiger partial charge in [-0.1, -0.05) is 97.3 Å². The highest BCUT2D eigenvalue weighted by Gasteiger charge is 2.07. The molecule has 0 saturated heterocycles. The number of amides is 1. The van der Waals surface area contributed by atoms with Crippen LogP contribution in [0, 0.1) is 0 Å². The Bertz CT molecular complexity index is 424. The molecular formula is C24H46N2O3. The monoisotopic (exact) mass is 410 g/mol. The van der Waals surface area contributed by atoms with Crippen LogP contribution in [0.1, 0.15) is 117 Å². The Morgan fingerprint density at radius 3 is 1.79 bits per heavy atom. The lowest BCUT2D eigenvalue weighted by Gasteiger charge is -2.11. The van der Waals surface area contributed by atoms with E-state index in [9.17, 15) is 9.59 Å². The van der Waals surface area contributed by atoms with Crippen LogP contribution in [0.5, 0.6) is 0 Å². The van der Waals surface area contributed by atoms with Crippen LogP contribution in [0.15, 0.2) is 12.2 Å². The lowest BCUT2D eigenvalue weighted by atomic mass is 10.1. The van der Waals surface area contributed by atoms with E-state index in [1.165, 1.54) is 76.7 Å². The first-order valence-electron chi connectivity index (χ1n) is 12.0. The summed E-state index contributed by atoms with van der Waals surface area (Å²) >= 11 is 0. The van der Waals surface area contributed by atoms with Gasteiger partial charge in [-0.15, -0.1) is 0 Å². The summed E-state index contributed by atoms with van der Waals surface area (Å²) in [6.07, 6.45) is 20.7. The predicted octanol–water partition coefficient (Wildman–Crippen LogP) is 5.77. The van der Waals surface area contributed by atoms with Crippen molar-refractivity contribution in [2.75, 3.05) is 6.54 Å². The Morgan fingerprint density at radius 1 is 0.759 bits per heavy atom. The van der Waals surface area contributed by atoms with Crippen LogP contribution < -0.4 is 11.1 Å². The largest absolute Gasteiger partial charge is 0.444 e. The van der Waals surface area contributed by atoms with Crippen LogP contribution in [0.2, 0.25) is 0 Å². The van der Waals surface area contributed by atoms with Gasteiger partial charge in [0, 0.05) is 18.7 Å². The number of nitrogens with two attached hydrogens (primary N) is 1. The van der Waals surface area contributed by atoms with Crippen molar-refractivity contribution in [3.05, 3.63) is 12.2 Å². The van der Waals surface area contributed by atoms with E-state index in [0.717, 1.165) is 31.8 Å². The molecular weight excluding hydrogens is 364 g/mol. The van der Waals surface area contributed by atoms with E-state index in [0.29, 0.717) is 13.0 Å². The summed E-state index contributed by atoms with van der Waals surface area (Å²) < 4.78 is 5.12. The normalized spacial score (nSPS) is 12.2. The minimum Gasteiger partial charge on any atom is -0.444 e. The summed E-state index contributed by atoms with van der Waals surface area (Å²) in [7, 11) is 0. The van der Waals surface area contributed by atoms with Gasteiger partial charge in [0.25, 0.3) is 0 Å². The number of unbranched alkanes of at least 4 members (excludes halogenated alkanes) is 13. The summed E-state index contributed by atoms with van der Waals surface area (Å²) in [5.41, 5.74) is 5.83. The van der Waals surface area contributed by atoms with Crippen LogP contribution in [-0.4, -0.2) is 24.6 Å². The highest BCUT2D eigenvalue weighted by Crippen LogP contribution is 2.10. The fourth-order valence-corrected chi connectivity index (χ4v) is 3.22. The van der Waals surface area contributed by atoms with Crippen LogP contribution in [0.3, 0.4) is 0 Å². The van der Waals surface area contributed by atoms with Gasteiger partial charge in [-0.25, -0.2) is 4.79 Å². The van der Waals surface area contributed by atoms with Gasteiger partial charge < -0.3 is 10.1 Å². The summed E-state index contributed by atoms with van der Waals surface area (Å²) in [5.74, 6) is -0.812. The fourth-order valence-electron chi connectivity index (χ4n) is 3.22. The molecule has 0 aliphatic heterocycles. The number of hydrogen-bond acceptors (Lipinski definition) is 4. The van der Waals surface area contributed by atoms with Gasteiger partial charge in [0.2, 0.25) is 5.91 Å². The number of ether oxygens (including phenoxy) is 1. The Balaban J connectivity index is 3.60. The van der Waals surface area contributed by atoms with E-state index in [2.05, 4.69) is 19.2 Å². The van der Waals surface area contributed by atoms with Crippen molar-refractivity contribution in [3.63, 3.8) is 0 Å². The Kier molecular flexibility index (Phi) is 20.3. The van der Waals surface area contributed by atoms with Crippen molar-refractivity contribution in [1.29, 1.82) is 0 Å². The Labute approximate surface area is 179 Å². The lowest BCUT2D eigenvalue weighted by Crippen LogP contribution is -2.27. The molecule has 0 fully saturated rings. The predicted molar refractivity (Wildman–Crippen MR) is 121 cm³/mol. The quantitative estimate of drug-likeness (QED) is 0.116. The van der Waals surface area contributed by atoms with Crippen molar-refractivity contribution in [2.45, 2.75) is 123 Å². The Hall–Kier alpha value is -1.36. The van der Waals surface area contributed by atoms with E-state index in [1.807, 2.05) is 0 Å². The number of carbonyl (C=O) groups is 2. The highest BCUT2D eigenvalue weighted by atomic mass is 16.6. The van der Waals surface area contributed by atoms with Crippen molar-refractivity contribution < 1.29 is 14.3 Å². The van der Waals surface area contributed by atoms with Gasteiger partial charge in [-0.3, -0.25) is 10.5 Å². The third-order valence-electron chi connectivity index (χ3n) is 5.06. The molecule has 0 aromatic heterocycles. The maximum absolute atomic E-state index is 11.7. The van der Waals surface area contributed by atoms with Crippen LogP contribution in [0.25, 0.3) is 0 Å². The van der Waals surface area contributed by atoms with Gasteiger partial charge in [-0.05, 0) is 19.3 Å². The molecule has 0 aliphatic rings. The summed E-state index contributed by atoms with van der Waals surface area (Å²) in [5, 5.41) is 2.80. The molecule has 1 unspecified atom stereocenters. The van der Waals surface area contributed by atoms with Crippen molar-refractivity contribution in [3.8, 4) is 0 Å². The average molecular weight is 411 g/mol. The standard InChI is InChI=1S/C24H46N2O3/c1-3-5-7-9-11-13-15-17-21-26-23(27)19-20-24(28)29-22(25)18-16-14-12-10-8-6-4-2/h19-20,22H,3-18,21,25H2,1-2H3,(H,26,27)/b20-19-. The minimum absolute atomic E-state index is 0.259. The van der Waals surface area contributed by atoms with Crippen LogP contribution in [-0.2, 0) is 14.3 Å². The lowest BCUT2D eigenvalue weighted by molar-refractivity contribution is -0.143. The second-order valence-electron chi connectivity index (χ2n) is 7.98. The second-order valence-corrected chi connectivity index (χ2v) is 7.98. The van der Waals surface area contributed by atoms with Gasteiger partial charge in [-0.2, -0.15) is 0 Å². The molecule has 0 aromatic rings. The summed E-state index contributed by atoms with van der Waals surface area (Å²) in [6, 6.07) is 0. The number of hydrogen-bond donors (Lipinski definition) is 2. The number of rotatable bonds is 20. The molecule has 1 atom stereocenters.